The first-order chi connectivity index (χ1) is 15.6. The lowest BCUT2D eigenvalue weighted by molar-refractivity contribution is 0.0953. The van der Waals surface area contributed by atoms with Crippen LogP contribution in [-0.2, 0) is 6.54 Å². The zero-order valence-electron chi connectivity index (χ0n) is 17.0. The van der Waals surface area contributed by atoms with Crippen LogP contribution < -0.4 is 10.3 Å². The number of hydrazone groups is 1. The molecule has 32 heavy (non-hydrogen) atoms. The van der Waals surface area contributed by atoms with E-state index in [1.54, 1.807) is 29.2 Å². The highest BCUT2D eigenvalue weighted by atomic mass is 19.1. The number of nitrogens with one attached hydrogen (secondary N) is 1. The van der Waals surface area contributed by atoms with Crippen molar-refractivity contribution in [2.45, 2.75) is 6.54 Å². The molecule has 0 atom stereocenters. The quantitative estimate of drug-likeness (QED) is 0.367. The van der Waals surface area contributed by atoms with Gasteiger partial charge in [0.15, 0.2) is 0 Å². The summed E-state index contributed by atoms with van der Waals surface area (Å²) in [6.07, 6.45) is 1.38. The van der Waals surface area contributed by atoms with Gasteiger partial charge in [0.2, 0.25) is 0 Å². The van der Waals surface area contributed by atoms with Crippen LogP contribution in [-0.4, -0.2) is 18.0 Å². The van der Waals surface area contributed by atoms with Gasteiger partial charge in [0.25, 0.3) is 11.8 Å². The summed E-state index contributed by atoms with van der Waals surface area (Å²) in [7, 11) is 0. The molecule has 0 aromatic heterocycles. The van der Waals surface area contributed by atoms with E-state index < -0.39 is 0 Å². The molecule has 1 aliphatic rings. The number of amides is 2. The van der Waals surface area contributed by atoms with E-state index in [4.69, 9.17) is 0 Å². The molecule has 0 bridgehead atoms. The molecule has 0 unspecified atom stereocenters. The Morgan fingerprint density at radius 3 is 2.50 bits per heavy atom. The van der Waals surface area contributed by atoms with Crippen LogP contribution in [0.5, 0.6) is 0 Å². The smallest absolute Gasteiger partial charge is 0.271 e. The molecule has 5 rings (SSSR count). The van der Waals surface area contributed by atoms with Crippen molar-refractivity contribution >= 4 is 34.5 Å². The van der Waals surface area contributed by atoms with Crippen molar-refractivity contribution in [3.63, 3.8) is 0 Å². The molecule has 0 saturated heterocycles. The normalized spacial score (nSPS) is 12.7. The van der Waals surface area contributed by atoms with Gasteiger partial charge in [0.05, 0.1) is 18.4 Å². The van der Waals surface area contributed by atoms with E-state index in [2.05, 4.69) is 10.5 Å². The zero-order chi connectivity index (χ0) is 22.1. The van der Waals surface area contributed by atoms with Gasteiger partial charge in [-0.15, -0.1) is 0 Å². The van der Waals surface area contributed by atoms with Crippen molar-refractivity contribution in [1.29, 1.82) is 0 Å². The Hall–Kier alpha value is -4.32. The second-order valence-corrected chi connectivity index (χ2v) is 7.52. The molecule has 0 radical (unpaired) electrons. The monoisotopic (exact) mass is 423 g/mol. The number of carbonyl (C=O) groups excluding carboxylic acids is 2. The molecule has 4 aromatic carbocycles. The average molecular weight is 423 g/mol. The molecular formula is C26H18FN3O2. The molecule has 1 aliphatic heterocycles. The first-order valence-corrected chi connectivity index (χ1v) is 10.1. The third-order valence-corrected chi connectivity index (χ3v) is 5.43. The van der Waals surface area contributed by atoms with Gasteiger partial charge >= 0.3 is 0 Å². The Bertz CT molecular complexity index is 1370. The van der Waals surface area contributed by atoms with Crippen molar-refractivity contribution in [1.82, 2.24) is 5.43 Å². The van der Waals surface area contributed by atoms with Crippen LogP contribution in [0.3, 0.4) is 0 Å². The molecule has 0 aliphatic carbocycles. The second-order valence-electron chi connectivity index (χ2n) is 7.52. The highest BCUT2D eigenvalue weighted by Gasteiger charge is 2.29. The Kier molecular flexibility index (Phi) is 4.95. The van der Waals surface area contributed by atoms with Gasteiger partial charge in [-0.25, -0.2) is 9.82 Å². The predicted molar refractivity (Wildman–Crippen MR) is 122 cm³/mol. The van der Waals surface area contributed by atoms with E-state index in [1.807, 2.05) is 48.5 Å². The van der Waals surface area contributed by atoms with Crippen molar-refractivity contribution in [2.75, 3.05) is 4.90 Å². The molecule has 0 saturated carbocycles. The summed E-state index contributed by atoms with van der Waals surface area (Å²) in [4.78, 5) is 27.0. The van der Waals surface area contributed by atoms with Gasteiger partial charge in [-0.2, -0.15) is 5.10 Å². The van der Waals surface area contributed by atoms with Gasteiger partial charge in [0, 0.05) is 16.5 Å². The lowest BCUT2D eigenvalue weighted by Gasteiger charge is -2.18. The van der Waals surface area contributed by atoms with Crippen LogP contribution in [0, 0.1) is 5.82 Å². The first-order valence-electron chi connectivity index (χ1n) is 10.1. The van der Waals surface area contributed by atoms with Gasteiger partial charge in [-0.1, -0.05) is 48.5 Å². The number of anilines is 1. The van der Waals surface area contributed by atoms with Crippen LogP contribution in [0.4, 0.5) is 10.1 Å². The third-order valence-electron chi connectivity index (χ3n) is 5.43. The topological polar surface area (TPSA) is 61.8 Å². The van der Waals surface area contributed by atoms with E-state index in [1.165, 1.54) is 18.3 Å². The summed E-state index contributed by atoms with van der Waals surface area (Å²) >= 11 is 0. The molecule has 2 amide bonds. The Morgan fingerprint density at radius 1 is 0.969 bits per heavy atom. The van der Waals surface area contributed by atoms with Crippen LogP contribution in [0.1, 0.15) is 31.8 Å². The van der Waals surface area contributed by atoms with Crippen LogP contribution in [0.2, 0.25) is 0 Å². The van der Waals surface area contributed by atoms with Gasteiger partial charge in [-0.3, -0.25) is 9.59 Å². The van der Waals surface area contributed by atoms with Gasteiger partial charge < -0.3 is 4.90 Å². The molecule has 4 aromatic rings. The number of nitrogens with zero attached hydrogens (tertiary/aromatic N) is 2. The van der Waals surface area contributed by atoms with Crippen molar-refractivity contribution in [3.05, 3.63) is 113 Å². The van der Waals surface area contributed by atoms with Gasteiger partial charge in [0.1, 0.15) is 5.82 Å². The Labute approximate surface area is 183 Å². The summed E-state index contributed by atoms with van der Waals surface area (Å²) in [5, 5.41) is 5.90. The Balaban J connectivity index is 1.28. The van der Waals surface area contributed by atoms with Crippen molar-refractivity contribution in [2.24, 2.45) is 5.10 Å². The summed E-state index contributed by atoms with van der Waals surface area (Å²) in [6.45, 7) is 0.409. The molecule has 6 heteroatoms. The molecule has 156 valence electrons. The van der Waals surface area contributed by atoms with E-state index in [0.29, 0.717) is 23.2 Å². The lowest BCUT2D eigenvalue weighted by atomic mass is 10.1. The SMILES string of the molecule is O=C(NN=Cc1cccc(F)c1)c1ccc(CN2C(=O)c3cccc4cccc2c34)cc1. The van der Waals surface area contributed by atoms with Gasteiger partial charge in [-0.05, 0) is 52.9 Å². The lowest BCUT2D eigenvalue weighted by Crippen LogP contribution is -2.26. The standard InChI is InChI=1S/C26H18FN3O2/c27-21-7-1-4-18(14-21)15-28-29-25(31)20-12-10-17(11-13-20)16-30-23-9-3-6-19-5-2-8-22(24(19)23)26(30)32/h1-15H,16H2,(H,29,31). The highest BCUT2D eigenvalue weighted by molar-refractivity contribution is 6.24. The number of hydrogen-bond acceptors (Lipinski definition) is 3. The minimum atomic E-state index is -0.376. The summed E-state index contributed by atoms with van der Waals surface area (Å²) in [5.41, 5.74) is 5.94. The molecule has 0 fully saturated rings. The fraction of sp³-hybridized carbons (Fsp3) is 0.0385. The fourth-order valence-corrected chi connectivity index (χ4v) is 3.90. The second kappa shape index (κ2) is 8.07. The minimum absolute atomic E-state index is 0.0229. The highest BCUT2D eigenvalue weighted by Crippen LogP contribution is 2.37. The predicted octanol–water partition coefficient (Wildman–Crippen LogP) is 4.90. The van der Waals surface area contributed by atoms with E-state index in [0.717, 1.165) is 22.0 Å². The van der Waals surface area contributed by atoms with Crippen LogP contribution >= 0.6 is 0 Å². The molecular weight excluding hydrogens is 405 g/mol. The largest absolute Gasteiger partial charge is 0.303 e. The summed E-state index contributed by atoms with van der Waals surface area (Å²) < 4.78 is 13.2. The minimum Gasteiger partial charge on any atom is -0.303 e. The number of rotatable bonds is 5. The number of benzene rings is 4. The first kappa shape index (κ1) is 19.6. The molecule has 1 N–H and O–H groups in total. The molecule has 0 spiro atoms. The number of carbonyl (C=O) groups is 2. The van der Waals surface area contributed by atoms with E-state index >= 15 is 0 Å². The zero-order valence-corrected chi connectivity index (χ0v) is 17.0. The van der Waals surface area contributed by atoms with Crippen LogP contribution in [0.25, 0.3) is 10.8 Å². The average Bonchev–Trinajstić information content (AvgIpc) is 3.08. The third kappa shape index (κ3) is 3.63. The van der Waals surface area contributed by atoms with E-state index in [9.17, 15) is 14.0 Å². The van der Waals surface area contributed by atoms with Crippen molar-refractivity contribution in [3.8, 4) is 0 Å². The maximum atomic E-state index is 13.2. The molecule has 5 nitrogen and oxygen atoms in total. The number of halogens is 1. The maximum Gasteiger partial charge on any atom is 0.271 e. The summed E-state index contributed by atoms with van der Waals surface area (Å²) in [5.74, 6) is -0.768. The van der Waals surface area contributed by atoms with Crippen LogP contribution in [0.15, 0.2) is 90.0 Å². The summed E-state index contributed by atoms with van der Waals surface area (Å²) in [6, 6.07) is 24.6. The maximum absolute atomic E-state index is 13.2. The Morgan fingerprint density at radius 2 is 1.72 bits per heavy atom. The van der Waals surface area contributed by atoms with Crippen molar-refractivity contribution < 1.29 is 14.0 Å². The molecule has 1 heterocycles. The fourth-order valence-electron chi connectivity index (χ4n) is 3.90. The number of hydrogen-bond donors (Lipinski definition) is 1. The van der Waals surface area contributed by atoms with E-state index in [-0.39, 0.29) is 17.6 Å².